The molecule has 1 heterocycles. The van der Waals surface area contributed by atoms with E-state index in [1.807, 2.05) is 18.2 Å². The van der Waals surface area contributed by atoms with Crippen LogP contribution in [0.3, 0.4) is 0 Å². The van der Waals surface area contributed by atoms with Crippen molar-refractivity contribution in [2.45, 2.75) is 33.6 Å². The standard InChI is InChI=1S/C24H23N3O4/c1-16-13-20-21(25-31-23(28)17-9-11-19(12-10-17)27(29)30)14-24(2,3)15-22(20)26(16)18-7-5-4-6-8-18/h4-13H,14-15H2,1-3H3/b25-21+. The van der Waals surface area contributed by atoms with Crippen LogP contribution in [0.15, 0.2) is 65.8 Å². The van der Waals surface area contributed by atoms with E-state index < -0.39 is 10.9 Å². The van der Waals surface area contributed by atoms with Gasteiger partial charge in [-0.1, -0.05) is 37.2 Å². The maximum absolute atomic E-state index is 12.4. The molecule has 0 amide bonds. The zero-order valence-electron chi connectivity index (χ0n) is 17.7. The zero-order valence-corrected chi connectivity index (χ0v) is 17.7. The molecule has 0 N–H and O–H groups in total. The monoisotopic (exact) mass is 417 g/mol. The molecule has 3 aromatic rings. The van der Waals surface area contributed by atoms with Gasteiger partial charge in [0.25, 0.3) is 5.69 Å². The van der Waals surface area contributed by atoms with Crippen molar-refractivity contribution in [1.82, 2.24) is 4.57 Å². The first-order valence-corrected chi connectivity index (χ1v) is 10.0. The number of non-ortho nitro benzene ring substituents is 1. The topological polar surface area (TPSA) is 86.7 Å². The third-order valence-corrected chi connectivity index (χ3v) is 5.46. The summed E-state index contributed by atoms with van der Waals surface area (Å²) in [5.74, 6) is -0.647. The van der Waals surface area contributed by atoms with Gasteiger partial charge in [-0.3, -0.25) is 10.1 Å². The number of aromatic nitrogens is 1. The van der Waals surface area contributed by atoms with Crippen LogP contribution in [0.4, 0.5) is 5.69 Å². The highest BCUT2D eigenvalue weighted by Crippen LogP contribution is 2.38. The van der Waals surface area contributed by atoms with Gasteiger partial charge in [0.15, 0.2) is 0 Å². The summed E-state index contributed by atoms with van der Waals surface area (Å²) < 4.78 is 2.23. The second-order valence-electron chi connectivity index (χ2n) is 8.56. The Balaban J connectivity index is 1.66. The average molecular weight is 417 g/mol. The van der Waals surface area contributed by atoms with Gasteiger partial charge in [-0.25, -0.2) is 4.79 Å². The van der Waals surface area contributed by atoms with Crippen LogP contribution in [-0.4, -0.2) is 21.2 Å². The van der Waals surface area contributed by atoms with Gasteiger partial charge in [-0.2, -0.15) is 0 Å². The van der Waals surface area contributed by atoms with E-state index in [0.717, 1.165) is 34.8 Å². The van der Waals surface area contributed by atoms with Gasteiger partial charge in [0.05, 0.1) is 16.2 Å². The fourth-order valence-corrected chi connectivity index (χ4v) is 4.06. The van der Waals surface area contributed by atoms with E-state index in [1.54, 1.807) is 0 Å². The lowest BCUT2D eigenvalue weighted by Gasteiger charge is -2.31. The number of carbonyl (C=O) groups is 1. The first-order valence-electron chi connectivity index (χ1n) is 10.0. The lowest BCUT2D eigenvalue weighted by molar-refractivity contribution is -0.384. The van der Waals surface area contributed by atoms with Crippen molar-refractivity contribution in [2.24, 2.45) is 10.6 Å². The number of nitro benzene ring substituents is 1. The minimum absolute atomic E-state index is 0.0527. The number of aryl methyl sites for hydroxylation is 1. The van der Waals surface area contributed by atoms with Crippen LogP contribution in [0.1, 0.15) is 47.6 Å². The lowest BCUT2D eigenvalue weighted by atomic mass is 9.76. The Labute approximate surface area is 180 Å². The maximum atomic E-state index is 12.4. The molecule has 31 heavy (non-hydrogen) atoms. The molecule has 0 fully saturated rings. The fraction of sp³-hybridized carbons (Fsp3) is 0.250. The van der Waals surface area contributed by atoms with Gasteiger partial charge < -0.3 is 9.40 Å². The Morgan fingerprint density at radius 3 is 2.42 bits per heavy atom. The number of nitrogens with zero attached hydrogens (tertiary/aromatic N) is 3. The molecule has 0 atom stereocenters. The molecule has 0 spiro atoms. The predicted octanol–water partition coefficient (Wildman–Crippen LogP) is 5.23. The average Bonchev–Trinajstić information content (AvgIpc) is 3.07. The van der Waals surface area contributed by atoms with Crippen LogP contribution < -0.4 is 0 Å². The molecule has 7 heteroatoms. The second kappa shape index (κ2) is 7.83. The van der Waals surface area contributed by atoms with E-state index >= 15 is 0 Å². The van der Waals surface area contributed by atoms with Gasteiger partial charge in [0.2, 0.25) is 0 Å². The van der Waals surface area contributed by atoms with Crippen LogP contribution in [-0.2, 0) is 11.3 Å². The van der Waals surface area contributed by atoms with E-state index in [-0.39, 0.29) is 16.7 Å². The van der Waals surface area contributed by atoms with Gasteiger partial charge in [0, 0.05) is 34.8 Å². The second-order valence-corrected chi connectivity index (χ2v) is 8.56. The third-order valence-electron chi connectivity index (χ3n) is 5.46. The van der Waals surface area contributed by atoms with E-state index in [9.17, 15) is 14.9 Å². The molecule has 158 valence electrons. The van der Waals surface area contributed by atoms with Crippen molar-refractivity contribution in [2.75, 3.05) is 0 Å². The normalized spacial score (nSPS) is 16.0. The molecule has 1 aliphatic rings. The van der Waals surface area contributed by atoms with Gasteiger partial charge >= 0.3 is 5.97 Å². The Kier molecular flexibility index (Phi) is 5.19. The number of hydrogen-bond donors (Lipinski definition) is 0. The molecule has 0 saturated carbocycles. The summed E-state index contributed by atoms with van der Waals surface area (Å²) in [5.41, 5.74) is 5.09. The highest BCUT2D eigenvalue weighted by Gasteiger charge is 2.33. The minimum Gasteiger partial charge on any atom is -0.318 e. The summed E-state index contributed by atoms with van der Waals surface area (Å²) in [4.78, 5) is 28.0. The molecular weight excluding hydrogens is 394 g/mol. The van der Waals surface area contributed by atoms with Crippen molar-refractivity contribution in [3.8, 4) is 5.69 Å². The predicted molar refractivity (Wildman–Crippen MR) is 118 cm³/mol. The molecule has 0 aliphatic heterocycles. The number of oxime groups is 1. The largest absolute Gasteiger partial charge is 0.365 e. The number of benzene rings is 2. The number of fused-ring (bicyclic) bond motifs is 1. The fourth-order valence-electron chi connectivity index (χ4n) is 4.06. The highest BCUT2D eigenvalue weighted by atomic mass is 16.7. The van der Waals surface area contributed by atoms with E-state index in [1.165, 1.54) is 24.3 Å². The number of carbonyl (C=O) groups excluding carboxylic acids is 1. The summed E-state index contributed by atoms with van der Waals surface area (Å²) >= 11 is 0. The summed E-state index contributed by atoms with van der Waals surface area (Å²) in [6, 6.07) is 17.5. The molecule has 2 aromatic carbocycles. The van der Waals surface area contributed by atoms with E-state index in [0.29, 0.717) is 6.42 Å². The van der Waals surface area contributed by atoms with E-state index in [4.69, 9.17) is 4.84 Å². The molecular formula is C24H23N3O4. The smallest absolute Gasteiger partial charge is 0.318 e. The van der Waals surface area contributed by atoms with Gasteiger partial charge in [-0.15, -0.1) is 0 Å². The van der Waals surface area contributed by atoms with Crippen molar-refractivity contribution in [1.29, 1.82) is 0 Å². The Morgan fingerprint density at radius 2 is 1.77 bits per heavy atom. The Morgan fingerprint density at radius 1 is 1.10 bits per heavy atom. The van der Waals surface area contributed by atoms with Crippen molar-refractivity contribution < 1.29 is 14.6 Å². The maximum Gasteiger partial charge on any atom is 0.365 e. The Bertz CT molecular complexity index is 1180. The quantitative estimate of drug-likeness (QED) is 0.330. The summed E-state index contributed by atoms with van der Waals surface area (Å²) in [7, 11) is 0. The molecule has 0 radical (unpaired) electrons. The third kappa shape index (κ3) is 4.12. The molecule has 1 aromatic heterocycles. The van der Waals surface area contributed by atoms with Crippen molar-refractivity contribution >= 4 is 17.4 Å². The Hall–Kier alpha value is -3.74. The number of para-hydroxylation sites is 1. The minimum atomic E-state index is -0.647. The number of hydrogen-bond acceptors (Lipinski definition) is 5. The first kappa shape index (κ1) is 20.5. The molecule has 7 nitrogen and oxygen atoms in total. The van der Waals surface area contributed by atoms with Crippen LogP contribution in [0, 0.1) is 22.5 Å². The molecule has 0 unspecified atom stereocenters. The SMILES string of the molecule is Cc1cc2c(n1-c1ccccc1)CC(C)(C)C/C2=N\OC(=O)c1ccc([N+](=O)[O-])cc1. The lowest BCUT2D eigenvalue weighted by Crippen LogP contribution is -2.28. The van der Waals surface area contributed by atoms with Crippen LogP contribution in [0.25, 0.3) is 5.69 Å². The summed E-state index contributed by atoms with van der Waals surface area (Å²) in [6.07, 6.45) is 1.55. The van der Waals surface area contributed by atoms with Crippen molar-refractivity contribution in [3.63, 3.8) is 0 Å². The number of rotatable bonds is 4. The van der Waals surface area contributed by atoms with E-state index in [2.05, 4.69) is 48.7 Å². The van der Waals surface area contributed by atoms with Gasteiger partial charge in [-0.05, 0) is 55.5 Å². The molecule has 4 rings (SSSR count). The summed E-state index contributed by atoms with van der Waals surface area (Å²) in [6.45, 7) is 6.39. The molecule has 1 aliphatic carbocycles. The highest BCUT2D eigenvalue weighted by molar-refractivity contribution is 6.03. The first-order chi connectivity index (χ1) is 14.7. The molecule has 0 saturated heterocycles. The summed E-state index contributed by atoms with van der Waals surface area (Å²) in [5, 5.41) is 15.0. The van der Waals surface area contributed by atoms with Crippen LogP contribution >= 0.6 is 0 Å². The molecule has 0 bridgehead atoms. The van der Waals surface area contributed by atoms with Crippen LogP contribution in [0.2, 0.25) is 0 Å². The van der Waals surface area contributed by atoms with Gasteiger partial charge in [0.1, 0.15) is 0 Å². The van der Waals surface area contributed by atoms with Crippen molar-refractivity contribution in [3.05, 3.63) is 93.3 Å². The van der Waals surface area contributed by atoms with Crippen LogP contribution in [0.5, 0.6) is 0 Å². The zero-order chi connectivity index (χ0) is 22.2. The number of nitro groups is 1.